The van der Waals surface area contributed by atoms with Gasteiger partial charge in [-0.15, -0.1) is 0 Å². The van der Waals surface area contributed by atoms with Gasteiger partial charge in [0, 0.05) is 19.3 Å². The molecule has 0 heterocycles. The van der Waals surface area contributed by atoms with E-state index in [0.29, 0.717) is 12.7 Å². The summed E-state index contributed by atoms with van der Waals surface area (Å²) in [5.41, 5.74) is 2.82. The first kappa shape index (κ1) is 12.9. The van der Waals surface area contributed by atoms with E-state index < -0.39 is 0 Å². The predicted molar refractivity (Wildman–Crippen MR) is 60.4 cm³/mol. The summed E-state index contributed by atoms with van der Waals surface area (Å²) in [5.74, 6) is 6.23. The van der Waals surface area contributed by atoms with Crippen LogP contribution in [0.5, 0.6) is 0 Å². The highest BCUT2D eigenvalue weighted by Gasteiger charge is 2.31. The molecule has 0 radical (unpaired) electrons. The van der Waals surface area contributed by atoms with Gasteiger partial charge < -0.3 is 9.47 Å². The summed E-state index contributed by atoms with van der Waals surface area (Å²) in [6, 6.07) is 0.289. The zero-order chi connectivity index (χ0) is 11.1. The molecule has 1 atom stereocenters. The van der Waals surface area contributed by atoms with Crippen LogP contribution >= 0.6 is 0 Å². The van der Waals surface area contributed by atoms with Crippen LogP contribution in [0.25, 0.3) is 0 Å². The zero-order valence-electron chi connectivity index (χ0n) is 9.87. The topological polar surface area (TPSA) is 56.5 Å². The van der Waals surface area contributed by atoms with Crippen LogP contribution in [0.1, 0.15) is 33.1 Å². The maximum Gasteiger partial charge on any atom is 0.0633 e. The lowest BCUT2D eigenvalue weighted by molar-refractivity contribution is -0.0319. The standard InChI is InChI=1S/C11H24N2O2/c1-3-14-8-10(13-12)5-9-6-11(7-9)15-4-2/h9-11,13H,3-8,12H2,1-2H3. The predicted octanol–water partition coefficient (Wildman–Crippen LogP) is 1.06. The fourth-order valence-corrected chi connectivity index (χ4v) is 2.09. The maximum absolute atomic E-state index is 5.52. The van der Waals surface area contributed by atoms with Crippen LogP contribution in [0.3, 0.4) is 0 Å². The highest BCUT2D eigenvalue weighted by Crippen LogP contribution is 2.33. The Bertz CT molecular complexity index is 161. The van der Waals surface area contributed by atoms with E-state index >= 15 is 0 Å². The summed E-state index contributed by atoms with van der Waals surface area (Å²) in [6.45, 7) is 6.34. The molecule has 3 N–H and O–H groups in total. The molecule has 1 aliphatic rings. The lowest BCUT2D eigenvalue weighted by Crippen LogP contribution is -2.43. The molecule has 0 aromatic heterocycles. The minimum Gasteiger partial charge on any atom is -0.380 e. The van der Waals surface area contributed by atoms with Crippen LogP contribution in [-0.4, -0.2) is 32.0 Å². The Balaban J connectivity index is 2.07. The molecule has 4 nitrogen and oxygen atoms in total. The summed E-state index contributed by atoms with van der Waals surface area (Å²) in [4.78, 5) is 0. The van der Waals surface area contributed by atoms with E-state index in [9.17, 15) is 0 Å². The van der Waals surface area contributed by atoms with Crippen molar-refractivity contribution >= 4 is 0 Å². The van der Waals surface area contributed by atoms with Gasteiger partial charge in [-0.2, -0.15) is 0 Å². The van der Waals surface area contributed by atoms with Crippen molar-refractivity contribution in [1.29, 1.82) is 0 Å². The summed E-state index contributed by atoms with van der Waals surface area (Å²) >= 11 is 0. The van der Waals surface area contributed by atoms with Crippen LogP contribution in [0.2, 0.25) is 0 Å². The van der Waals surface area contributed by atoms with Crippen LogP contribution in [0.15, 0.2) is 0 Å². The van der Waals surface area contributed by atoms with Gasteiger partial charge in [-0.05, 0) is 39.0 Å². The highest BCUT2D eigenvalue weighted by molar-refractivity contribution is 4.83. The zero-order valence-corrected chi connectivity index (χ0v) is 9.87. The van der Waals surface area contributed by atoms with Crippen LogP contribution in [0, 0.1) is 5.92 Å². The Kier molecular flexibility index (Phi) is 6.17. The molecule has 0 spiro atoms. The smallest absolute Gasteiger partial charge is 0.0633 e. The first-order valence-electron chi connectivity index (χ1n) is 5.95. The fraction of sp³-hybridized carbons (Fsp3) is 1.00. The lowest BCUT2D eigenvalue weighted by atomic mass is 9.78. The second kappa shape index (κ2) is 7.17. The van der Waals surface area contributed by atoms with Gasteiger partial charge in [0.05, 0.1) is 12.7 Å². The molecule has 1 fully saturated rings. The molecule has 0 aliphatic heterocycles. The van der Waals surface area contributed by atoms with E-state index in [1.54, 1.807) is 0 Å². The molecule has 1 aliphatic carbocycles. The molecule has 0 saturated heterocycles. The van der Waals surface area contributed by atoms with Gasteiger partial charge in [-0.3, -0.25) is 11.3 Å². The Morgan fingerprint density at radius 2 is 2.07 bits per heavy atom. The van der Waals surface area contributed by atoms with Gasteiger partial charge in [-0.25, -0.2) is 0 Å². The Hall–Kier alpha value is -0.160. The number of nitrogens with one attached hydrogen (secondary N) is 1. The van der Waals surface area contributed by atoms with Crippen molar-refractivity contribution in [3.8, 4) is 0 Å². The van der Waals surface area contributed by atoms with Gasteiger partial charge in [0.15, 0.2) is 0 Å². The molecule has 1 rings (SSSR count). The molecule has 0 aromatic carbocycles. The van der Waals surface area contributed by atoms with Crippen molar-refractivity contribution in [2.24, 2.45) is 11.8 Å². The Morgan fingerprint density at radius 3 is 2.60 bits per heavy atom. The molecule has 90 valence electrons. The van der Waals surface area contributed by atoms with Crippen molar-refractivity contribution in [2.45, 2.75) is 45.3 Å². The molecule has 1 unspecified atom stereocenters. The largest absolute Gasteiger partial charge is 0.380 e. The van der Waals surface area contributed by atoms with Crippen LogP contribution < -0.4 is 11.3 Å². The van der Waals surface area contributed by atoms with Crippen molar-refractivity contribution in [2.75, 3.05) is 19.8 Å². The Labute approximate surface area is 92.5 Å². The van der Waals surface area contributed by atoms with Crippen molar-refractivity contribution < 1.29 is 9.47 Å². The molecule has 0 aromatic rings. The fourth-order valence-electron chi connectivity index (χ4n) is 2.09. The van der Waals surface area contributed by atoms with Gasteiger partial charge in [0.25, 0.3) is 0 Å². The summed E-state index contributed by atoms with van der Waals surface area (Å²) in [7, 11) is 0. The second-order valence-corrected chi connectivity index (χ2v) is 4.17. The average Bonchev–Trinajstić information content (AvgIpc) is 2.20. The lowest BCUT2D eigenvalue weighted by Gasteiger charge is -2.36. The van der Waals surface area contributed by atoms with Gasteiger partial charge in [0.1, 0.15) is 0 Å². The quantitative estimate of drug-likeness (QED) is 0.470. The molecule has 0 bridgehead atoms. The minimum atomic E-state index is 0.289. The number of ether oxygens (including phenoxy) is 2. The monoisotopic (exact) mass is 216 g/mol. The number of nitrogens with two attached hydrogens (primary N) is 1. The van der Waals surface area contributed by atoms with Gasteiger partial charge in [-0.1, -0.05) is 0 Å². The van der Waals surface area contributed by atoms with E-state index in [2.05, 4.69) is 5.43 Å². The first-order valence-corrected chi connectivity index (χ1v) is 5.95. The normalized spacial score (nSPS) is 27.4. The van der Waals surface area contributed by atoms with Gasteiger partial charge in [0.2, 0.25) is 0 Å². The molecular formula is C11H24N2O2. The minimum absolute atomic E-state index is 0.289. The van der Waals surface area contributed by atoms with E-state index in [4.69, 9.17) is 15.3 Å². The Morgan fingerprint density at radius 1 is 1.33 bits per heavy atom. The number of hydrogen-bond donors (Lipinski definition) is 2. The van der Waals surface area contributed by atoms with E-state index in [0.717, 1.165) is 25.6 Å². The van der Waals surface area contributed by atoms with Crippen molar-refractivity contribution in [3.63, 3.8) is 0 Å². The third kappa shape index (κ3) is 4.47. The third-order valence-electron chi connectivity index (χ3n) is 2.97. The number of rotatable bonds is 8. The van der Waals surface area contributed by atoms with E-state index in [1.165, 1.54) is 12.8 Å². The van der Waals surface area contributed by atoms with Gasteiger partial charge >= 0.3 is 0 Å². The van der Waals surface area contributed by atoms with E-state index in [1.807, 2.05) is 13.8 Å². The number of hydrogen-bond acceptors (Lipinski definition) is 4. The number of hydrazine groups is 1. The first-order chi connectivity index (χ1) is 7.30. The summed E-state index contributed by atoms with van der Waals surface area (Å²) in [5, 5.41) is 0. The summed E-state index contributed by atoms with van der Waals surface area (Å²) < 4.78 is 10.9. The van der Waals surface area contributed by atoms with Crippen LogP contribution in [0.4, 0.5) is 0 Å². The summed E-state index contributed by atoms with van der Waals surface area (Å²) in [6.07, 6.45) is 3.95. The SMILES string of the molecule is CCOCC(CC1CC(OCC)C1)NN. The molecule has 4 heteroatoms. The average molecular weight is 216 g/mol. The molecule has 1 saturated carbocycles. The molecule has 0 amide bonds. The van der Waals surface area contributed by atoms with E-state index in [-0.39, 0.29) is 6.04 Å². The highest BCUT2D eigenvalue weighted by atomic mass is 16.5. The molecule has 15 heavy (non-hydrogen) atoms. The van der Waals surface area contributed by atoms with Crippen molar-refractivity contribution in [3.05, 3.63) is 0 Å². The maximum atomic E-state index is 5.52. The second-order valence-electron chi connectivity index (χ2n) is 4.17. The third-order valence-corrected chi connectivity index (χ3v) is 2.97. The van der Waals surface area contributed by atoms with Crippen molar-refractivity contribution in [1.82, 2.24) is 5.43 Å². The van der Waals surface area contributed by atoms with Crippen LogP contribution in [-0.2, 0) is 9.47 Å². The molecular weight excluding hydrogens is 192 g/mol.